The fourth-order valence-electron chi connectivity index (χ4n) is 1.73. The van der Waals surface area contributed by atoms with Gasteiger partial charge < -0.3 is 4.90 Å². The molecule has 0 fully saturated rings. The number of nitrogens with zero attached hydrogens (tertiary/aromatic N) is 2. The second-order valence-electron chi connectivity index (χ2n) is 4.12. The van der Waals surface area contributed by atoms with Crippen molar-refractivity contribution in [2.45, 2.75) is 13.5 Å². The van der Waals surface area contributed by atoms with Gasteiger partial charge in [0.2, 0.25) is 0 Å². The fourth-order valence-corrected chi connectivity index (χ4v) is 1.73. The van der Waals surface area contributed by atoms with E-state index in [0.29, 0.717) is 6.54 Å². The molecule has 17 heavy (non-hydrogen) atoms. The molecule has 2 rings (SSSR count). The molecule has 0 aliphatic carbocycles. The average Bonchev–Trinajstić information content (AvgIpc) is 2.29. The molecule has 0 unspecified atom stereocenters. The Hall–Kier alpha value is -1.90. The quantitative estimate of drug-likeness (QED) is 0.805. The highest BCUT2D eigenvalue weighted by Crippen LogP contribution is 2.13. The average molecular weight is 230 g/mol. The Morgan fingerprint density at radius 1 is 1.18 bits per heavy atom. The third-order valence-corrected chi connectivity index (χ3v) is 2.57. The van der Waals surface area contributed by atoms with Gasteiger partial charge in [-0.2, -0.15) is 0 Å². The van der Waals surface area contributed by atoms with Crippen LogP contribution in [-0.2, 0) is 6.54 Å². The summed E-state index contributed by atoms with van der Waals surface area (Å²) in [5, 5.41) is 0. The predicted molar refractivity (Wildman–Crippen MR) is 67.5 cm³/mol. The highest BCUT2D eigenvalue weighted by atomic mass is 19.1. The van der Waals surface area contributed by atoms with Gasteiger partial charge in [0, 0.05) is 19.3 Å². The number of hydrogen-bond donors (Lipinski definition) is 0. The number of aryl methyl sites for hydroxylation is 1. The summed E-state index contributed by atoms with van der Waals surface area (Å²) in [4.78, 5) is 6.43. The minimum Gasteiger partial charge on any atom is -0.355 e. The minimum atomic E-state index is -0.201. The number of anilines is 1. The number of halogens is 1. The van der Waals surface area contributed by atoms with Crippen molar-refractivity contribution < 1.29 is 4.39 Å². The molecule has 1 aromatic carbocycles. The maximum atomic E-state index is 13.1. The molecule has 2 aromatic rings. The van der Waals surface area contributed by atoms with Crippen molar-refractivity contribution in [1.82, 2.24) is 4.98 Å². The fraction of sp³-hybridized carbons (Fsp3) is 0.214. The zero-order chi connectivity index (χ0) is 12.3. The Morgan fingerprint density at radius 3 is 2.65 bits per heavy atom. The van der Waals surface area contributed by atoms with E-state index in [4.69, 9.17) is 0 Å². The number of hydrogen-bond acceptors (Lipinski definition) is 2. The maximum absolute atomic E-state index is 13.1. The van der Waals surface area contributed by atoms with Gasteiger partial charge in [0.25, 0.3) is 0 Å². The van der Waals surface area contributed by atoms with Gasteiger partial charge in [0.1, 0.15) is 11.6 Å². The van der Waals surface area contributed by atoms with Crippen molar-refractivity contribution in [2.75, 3.05) is 11.9 Å². The SMILES string of the molecule is Cc1cccc(N(C)Cc2cccc(F)c2)n1. The smallest absolute Gasteiger partial charge is 0.128 e. The van der Waals surface area contributed by atoms with Crippen LogP contribution in [0.2, 0.25) is 0 Å². The molecular formula is C14H15FN2. The summed E-state index contributed by atoms with van der Waals surface area (Å²) in [5.74, 6) is 0.697. The van der Waals surface area contributed by atoms with Gasteiger partial charge in [0.15, 0.2) is 0 Å². The minimum absolute atomic E-state index is 0.201. The normalized spacial score (nSPS) is 10.3. The van der Waals surface area contributed by atoms with E-state index in [1.165, 1.54) is 6.07 Å². The van der Waals surface area contributed by atoms with Crippen LogP contribution >= 0.6 is 0 Å². The molecule has 2 nitrogen and oxygen atoms in total. The molecule has 0 amide bonds. The Kier molecular flexibility index (Phi) is 3.38. The lowest BCUT2D eigenvalue weighted by molar-refractivity contribution is 0.625. The third-order valence-electron chi connectivity index (χ3n) is 2.57. The Bertz CT molecular complexity index is 511. The van der Waals surface area contributed by atoms with Crippen molar-refractivity contribution in [2.24, 2.45) is 0 Å². The van der Waals surface area contributed by atoms with Crippen molar-refractivity contribution in [3.8, 4) is 0 Å². The molecule has 0 spiro atoms. The number of benzene rings is 1. The molecule has 3 heteroatoms. The maximum Gasteiger partial charge on any atom is 0.128 e. The van der Waals surface area contributed by atoms with Gasteiger partial charge in [-0.05, 0) is 36.8 Å². The van der Waals surface area contributed by atoms with Crippen LogP contribution in [0.25, 0.3) is 0 Å². The van der Waals surface area contributed by atoms with E-state index < -0.39 is 0 Å². The third kappa shape index (κ3) is 3.03. The summed E-state index contributed by atoms with van der Waals surface area (Å²) in [5.41, 5.74) is 1.92. The summed E-state index contributed by atoms with van der Waals surface area (Å²) in [6, 6.07) is 12.5. The predicted octanol–water partition coefficient (Wildman–Crippen LogP) is 3.17. The number of aromatic nitrogens is 1. The molecule has 1 heterocycles. The van der Waals surface area contributed by atoms with E-state index in [9.17, 15) is 4.39 Å². The van der Waals surface area contributed by atoms with Crippen molar-refractivity contribution >= 4 is 5.82 Å². The lowest BCUT2D eigenvalue weighted by Crippen LogP contribution is -2.17. The molecule has 88 valence electrons. The summed E-state index contributed by atoms with van der Waals surface area (Å²) < 4.78 is 13.1. The monoisotopic (exact) mass is 230 g/mol. The van der Waals surface area contributed by atoms with Crippen molar-refractivity contribution in [3.63, 3.8) is 0 Å². The lowest BCUT2D eigenvalue weighted by atomic mass is 10.2. The van der Waals surface area contributed by atoms with Crippen LogP contribution in [0.3, 0.4) is 0 Å². The van der Waals surface area contributed by atoms with E-state index in [-0.39, 0.29) is 5.82 Å². The highest BCUT2D eigenvalue weighted by molar-refractivity contribution is 5.39. The molecular weight excluding hydrogens is 215 g/mol. The standard InChI is InChI=1S/C14H15FN2/c1-11-5-3-8-14(16-11)17(2)10-12-6-4-7-13(15)9-12/h3-9H,10H2,1-2H3. The van der Waals surface area contributed by atoms with Crippen LogP contribution < -0.4 is 4.90 Å². The van der Waals surface area contributed by atoms with Gasteiger partial charge in [-0.25, -0.2) is 9.37 Å². The van der Waals surface area contributed by atoms with Crippen LogP contribution in [0.4, 0.5) is 10.2 Å². The number of pyridine rings is 1. The second-order valence-corrected chi connectivity index (χ2v) is 4.12. The molecule has 0 aliphatic heterocycles. The van der Waals surface area contributed by atoms with Gasteiger partial charge in [0.05, 0.1) is 0 Å². The summed E-state index contributed by atoms with van der Waals surface area (Å²) >= 11 is 0. The molecule has 0 N–H and O–H groups in total. The van der Waals surface area contributed by atoms with Gasteiger partial charge in [-0.1, -0.05) is 18.2 Å². The molecule has 0 saturated carbocycles. The first-order valence-electron chi connectivity index (χ1n) is 5.54. The molecule has 0 saturated heterocycles. The second kappa shape index (κ2) is 4.95. The molecule has 0 atom stereocenters. The van der Waals surface area contributed by atoms with Crippen molar-refractivity contribution in [1.29, 1.82) is 0 Å². The first-order valence-corrected chi connectivity index (χ1v) is 5.54. The van der Waals surface area contributed by atoms with Gasteiger partial charge >= 0.3 is 0 Å². The topological polar surface area (TPSA) is 16.1 Å². The van der Waals surface area contributed by atoms with Crippen LogP contribution in [0.15, 0.2) is 42.5 Å². The van der Waals surface area contributed by atoms with Gasteiger partial charge in [-0.15, -0.1) is 0 Å². The van der Waals surface area contributed by atoms with E-state index in [0.717, 1.165) is 17.1 Å². The van der Waals surface area contributed by atoms with E-state index in [1.54, 1.807) is 12.1 Å². The Labute approximate surface area is 101 Å². The largest absolute Gasteiger partial charge is 0.355 e. The Balaban J connectivity index is 2.14. The van der Waals surface area contributed by atoms with E-state index in [1.807, 2.05) is 43.1 Å². The van der Waals surface area contributed by atoms with Gasteiger partial charge in [-0.3, -0.25) is 0 Å². The summed E-state index contributed by atoms with van der Waals surface area (Å²) in [7, 11) is 1.95. The van der Waals surface area contributed by atoms with Crippen LogP contribution in [0.1, 0.15) is 11.3 Å². The summed E-state index contributed by atoms with van der Waals surface area (Å²) in [6.45, 7) is 2.60. The molecule has 0 radical (unpaired) electrons. The van der Waals surface area contributed by atoms with Crippen LogP contribution in [0, 0.1) is 12.7 Å². The molecule has 0 bridgehead atoms. The number of rotatable bonds is 3. The van der Waals surface area contributed by atoms with Crippen LogP contribution in [-0.4, -0.2) is 12.0 Å². The summed E-state index contributed by atoms with van der Waals surface area (Å²) in [6.07, 6.45) is 0. The zero-order valence-corrected chi connectivity index (χ0v) is 10.0. The van der Waals surface area contributed by atoms with E-state index in [2.05, 4.69) is 4.98 Å². The van der Waals surface area contributed by atoms with Crippen LogP contribution in [0.5, 0.6) is 0 Å². The van der Waals surface area contributed by atoms with Crippen molar-refractivity contribution in [3.05, 3.63) is 59.5 Å². The zero-order valence-electron chi connectivity index (χ0n) is 10.0. The Morgan fingerprint density at radius 2 is 1.94 bits per heavy atom. The highest BCUT2D eigenvalue weighted by Gasteiger charge is 2.04. The first kappa shape index (κ1) is 11.6. The first-order chi connectivity index (χ1) is 8.15. The van der Waals surface area contributed by atoms with E-state index >= 15 is 0 Å². The lowest BCUT2D eigenvalue weighted by Gasteiger charge is -2.18. The molecule has 0 aliphatic rings. The molecule has 1 aromatic heterocycles.